The zero-order valence-electron chi connectivity index (χ0n) is 6.93. The first-order chi connectivity index (χ1) is 4.89. The van der Waals surface area contributed by atoms with Gasteiger partial charge in [-0.2, -0.15) is 0 Å². The van der Waals surface area contributed by atoms with Crippen LogP contribution in [-0.2, 0) is 9.53 Å². The zero-order chi connectivity index (χ0) is 9.07. The van der Waals surface area contributed by atoms with Crippen LogP contribution < -0.4 is 0 Å². The number of hydrogen-bond acceptors (Lipinski definition) is 2. The second-order valence-electron chi connectivity index (χ2n) is 2.99. The van der Waals surface area contributed by atoms with Gasteiger partial charge >= 0.3 is 5.97 Å². The minimum atomic E-state index is -0.969. The molecule has 0 amide bonds. The smallest absolute Gasteiger partial charge is 0.332 e. The predicted molar refractivity (Wildman–Crippen MR) is 43.0 cm³/mol. The number of hydrogen-bond donors (Lipinski definition) is 1. The van der Waals surface area contributed by atoms with Crippen LogP contribution >= 0.6 is 11.6 Å². The van der Waals surface area contributed by atoms with Gasteiger partial charge in [-0.25, -0.2) is 4.79 Å². The first kappa shape index (κ1) is 10.7. The third kappa shape index (κ3) is 4.22. The highest BCUT2D eigenvalue weighted by Crippen LogP contribution is 2.13. The minimum absolute atomic E-state index is 0.282. The number of rotatable bonds is 4. The molecule has 11 heavy (non-hydrogen) atoms. The number of aliphatic carboxylic acids is 1. The van der Waals surface area contributed by atoms with E-state index in [0.717, 1.165) is 0 Å². The second kappa shape index (κ2) is 3.93. The van der Waals surface area contributed by atoms with Crippen molar-refractivity contribution in [2.24, 2.45) is 0 Å². The standard InChI is InChI=1S/C7H13ClO3/c1-5(6(9)10)11-7(2,3)4-8/h5H,4H2,1-3H3,(H,9,10). The maximum Gasteiger partial charge on any atom is 0.332 e. The molecule has 3 nitrogen and oxygen atoms in total. The Morgan fingerprint density at radius 2 is 2.18 bits per heavy atom. The van der Waals surface area contributed by atoms with Crippen LogP contribution in [0.15, 0.2) is 0 Å². The summed E-state index contributed by atoms with van der Waals surface area (Å²) >= 11 is 5.52. The van der Waals surface area contributed by atoms with Gasteiger partial charge in [0.25, 0.3) is 0 Å². The van der Waals surface area contributed by atoms with E-state index in [1.807, 2.05) is 0 Å². The van der Waals surface area contributed by atoms with E-state index in [1.165, 1.54) is 6.92 Å². The van der Waals surface area contributed by atoms with Gasteiger partial charge in [0.1, 0.15) is 0 Å². The van der Waals surface area contributed by atoms with Gasteiger partial charge in [-0.15, -0.1) is 11.6 Å². The van der Waals surface area contributed by atoms with Gasteiger partial charge in [0.05, 0.1) is 11.5 Å². The van der Waals surface area contributed by atoms with Gasteiger partial charge in [0.2, 0.25) is 0 Å². The number of halogens is 1. The second-order valence-corrected chi connectivity index (χ2v) is 3.26. The highest BCUT2D eigenvalue weighted by molar-refractivity contribution is 6.18. The third-order valence-corrected chi connectivity index (χ3v) is 1.81. The number of carboxylic acids is 1. The van der Waals surface area contributed by atoms with Gasteiger partial charge in [-0.3, -0.25) is 0 Å². The SMILES string of the molecule is CC(OC(C)(C)CCl)C(=O)O. The molecule has 0 aromatic heterocycles. The van der Waals surface area contributed by atoms with Crippen molar-refractivity contribution in [2.75, 3.05) is 5.88 Å². The monoisotopic (exact) mass is 180 g/mol. The molecule has 0 heterocycles. The lowest BCUT2D eigenvalue weighted by atomic mass is 10.2. The summed E-state index contributed by atoms with van der Waals surface area (Å²) in [6.45, 7) is 4.98. The molecule has 66 valence electrons. The van der Waals surface area contributed by atoms with Crippen molar-refractivity contribution in [1.29, 1.82) is 0 Å². The van der Waals surface area contributed by atoms with Crippen LogP contribution in [0.2, 0.25) is 0 Å². The summed E-state index contributed by atoms with van der Waals surface area (Å²) in [7, 11) is 0. The van der Waals surface area contributed by atoms with Crippen LogP contribution in [0.1, 0.15) is 20.8 Å². The molecular weight excluding hydrogens is 168 g/mol. The van der Waals surface area contributed by atoms with Gasteiger partial charge < -0.3 is 9.84 Å². The summed E-state index contributed by atoms with van der Waals surface area (Å²) < 4.78 is 5.12. The molecule has 4 heteroatoms. The summed E-state index contributed by atoms with van der Waals surface area (Å²) in [5.41, 5.74) is -0.570. The van der Waals surface area contributed by atoms with Crippen molar-refractivity contribution < 1.29 is 14.6 Å². The zero-order valence-corrected chi connectivity index (χ0v) is 7.68. The molecule has 0 bridgehead atoms. The quantitative estimate of drug-likeness (QED) is 0.667. The Balaban J connectivity index is 3.93. The molecule has 1 unspecified atom stereocenters. The fourth-order valence-corrected chi connectivity index (χ4v) is 0.623. The molecule has 0 aliphatic rings. The molecule has 0 aromatic carbocycles. The minimum Gasteiger partial charge on any atom is -0.479 e. The van der Waals surface area contributed by atoms with E-state index in [4.69, 9.17) is 21.4 Å². The van der Waals surface area contributed by atoms with Gasteiger partial charge in [-0.1, -0.05) is 0 Å². The fraction of sp³-hybridized carbons (Fsp3) is 0.857. The van der Waals surface area contributed by atoms with E-state index >= 15 is 0 Å². The van der Waals surface area contributed by atoms with Crippen LogP contribution in [0, 0.1) is 0 Å². The van der Waals surface area contributed by atoms with Gasteiger partial charge in [0, 0.05) is 0 Å². The normalized spacial score (nSPS) is 14.5. The van der Waals surface area contributed by atoms with Crippen LogP contribution in [0.4, 0.5) is 0 Å². The molecule has 0 saturated carbocycles. The van der Waals surface area contributed by atoms with E-state index in [-0.39, 0.29) is 5.88 Å². The lowest BCUT2D eigenvalue weighted by Gasteiger charge is -2.24. The third-order valence-electron chi connectivity index (χ3n) is 1.17. The highest BCUT2D eigenvalue weighted by Gasteiger charge is 2.23. The summed E-state index contributed by atoms with van der Waals surface area (Å²) in [4.78, 5) is 10.3. The Kier molecular flexibility index (Phi) is 3.83. The van der Waals surface area contributed by atoms with Crippen molar-refractivity contribution in [1.82, 2.24) is 0 Å². The van der Waals surface area contributed by atoms with E-state index < -0.39 is 17.7 Å². The first-order valence-electron chi connectivity index (χ1n) is 3.35. The van der Waals surface area contributed by atoms with Gasteiger partial charge in [0.15, 0.2) is 6.10 Å². The molecule has 0 fully saturated rings. The molecule has 0 spiro atoms. The Bertz CT molecular complexity index is 145. The van der Waals surface area contributed by atoms with Gasteiger partial charge in [-0.05, 0) is 20.8 Å². The maximum atomic E-state index is 10.3. The molecule has 0 rings (SSSR count). The summed E-state index contributed by atoms with van der Waals surface area (Å²) in [5.74, 6) is -0.687. The van der Waals surface area contributed by atoms with E-state index in [0.29, 0.717) is 0 Å². The highest BCUT2D eigenvalue weighted by atomic mass is 35.5. The molecule has 0 aliphatic heterocycles. The summed E-state index contributed by atoms with van der Waals surface area (Å²) in [6, 6.07) is 0. The van der Waals surface area contributed by atoms with Crippen LogP contribution in [0.5, 0.6) is 0 Å². The predicted octanol–water partition coefficient (Wildman–Crippen LogP) is 1.49. The Morgan fingerprint density at radius 1 is 1.73 bits per heavy atom. The summed E-state index contributed by atoms with van der Waals surface area (Å²) in [5, 5.41) is 8.47. The average molecular weight is 181 g/mol. The number of ether oxygens (including phenoxy) is 1. The van der Waals surface area contributed by atoms with E-state index in [9.17, 15) is 4.79 Å². The Morgan fingerprint density at radius 3 is 2.45 bits per heavy atom. The largest absolute Gasteiger partial charge is 0.479 e. The number of carboxylic acid groups (broad SMARTS) is 1. The number of carbonyl (C=O) groups is 1. The van der Waals surface area contributed by atoms with Crippen molar-refractivity contribution in [3.8, 4) is 0 Å². The summed E-state index contributed by atoms with van der Waals surface area (Å²) in [6.07, 6.45) is -0.802. The Labute approximate surface area is 71.3 Å². The number of alkyl halides is 1. The first-order valence-corrected chi connectivity index (χ1v) is 3.89. The van der Waals surface area contributed by atoms with Crippen LogP contribution in [-0.4, -0.2) is 28.7 Å². The van der Waals surface area contributed by atoms with Crippen molar-refractivity contribution in [3.63, 3.8) is 0 Å². The Hall–Kier alpha value is -0.280. The average Bonchev–Trinajstić information content (AvgIpc) is 1.87. The lowest BCUT2D eigenvalue weighted by molar-refractivity contribution is -0.157. The molecule has 0 radical (unpaired) electrons. The molecule has 1 N–H and O–H groups in total. The molecule has 0 aromatic rings. The van der Waals surface area contributed by atoms with Crippen molar-refractivity contribution in [3.05, 3.63) is 0 Å². The van der Waals surface area contributed by atoms with Crippen LogP contribution in [0.25, 0.3) is 0 Å². The molecule has 0 saturated heterocycles. The molecule has 1 atom stereocenters. The van der Waals surface area contributed by atoms with E-state index in [2.05, 4.69) is 0 Å². The van der Waals surface area contributed by atoms with Crippen molar-refractivity contribution in [2.45, 2.75) is 32.5 Å². The lowest BCUT2D eigenvalue weighted by Crippen LogP contribution is -2.34. The van der Waals surface area contributed by atoms with Crippen LogP contribution in [0.3, 0.4) is 0 Å². The van der Waals surface area contributed by atoms with Crippen molar-refractivity contribution >= 4 is 17.6 Å². The van der Waals surface area contributed by atoms with E-state index in [1.54, 1.807) is 13.8 Å². The molecule has 0 aliphatic carbocycles. The fourth-order valence-electron chi connectivity index (χ4n) is 0.560. The maximum absolute atomic E-state index is 10.3. The topological polar surface area (TPSA) is 46.5 Å². The molecular formula is C7H13ClO3.